The Labute approximate surface area is 163 Å². The van der Waals surface area contributed by atoms with Crippen molar-refractivity contribution in [3.63, 3.8) is 0 Å². The van der Waals surface area contributed by atoms with Crippen molar-refractivity contribution in [1.29, 1.82) is 0 Å². The third-order valence-corrected chi connectivity index (χ3v) is 5.82. The Bertz CT molecular complexity index is 645. The lowest BCUT2D eigenvalue weighted by molar-refractivity contribution is -0.150. The lowest BCUT2D eigenvalue weighted by Crippen LogP contribution is -2.58. The molecule has 1 fully saturated rings. The van der Waals surface area contributed by atoms with E-state index in [9.17, 15) is 14.4 Å². The fraction of sp³-hybridized carbons (Fsp3) is 0.611. The average molecular weight is 396 g/mol. The van der Waals surface area contributed by atoms with Crippen LogP contribution in [-0.2, 0) is 9.59 Å². The predicted octanol–water partition coefficient (Wildman–Crippen LogP) is 0.988. The molecule has 1 aliphatic carbocycles. The molecule has 7 N–H and O–H groups in total. The van der Waals surface area contributed by atoms with Gasteiger partial charge in [-0.3, -0.25) is 9.59 Å². The molecular formula is C18H29N5O3S. The Hall–Kier alpha value is -2.13. The van der Waals surface area contributed by atoms with Gasteiger partial charge < -0.3 is 27.4 Å². The zero-order valence-corrected chi connectivity index (χ0v) is 16.4. The van der Waals surface area contributed by atoms with Crippen LogP contribution in [0.1, 0.15) is 50.6 Å². The van der Waals surface area contributed by atoms with Crippen molar-refractivity contribution in [2.24, 2.45) is 16.9 Å². The zero-order chi connectivity index (χ0) is 19.9. The van der Waals surface area contributed by atoms with E-state index in [1.165, 1.54) is 0 Å². The van der Waals surface area contributed by atoms with Gasteiger partial charge in [-0.1, -0.05) is 6.42 Å². The number of nitrogens with one attached hydrogen (secondary N) is 3. The minimum absolute atomic E-state index is 0.140. The molecule has 27 heavy (non-hydrogen) atoms. The maximum atomic E-state index is 12.9. The summed E-state index contributed by atoms with van der Waals surface area (Å²) in [6.07, 6.45) is 3.18. The van der Waals surface area contributed by atoms with E-state index in [-0.39, 0.29) is 30.4 Å². The normalized spacial score (nSPS) is 17.3. The summed E-state index contributed by atoms with van der Waals surface area (Å²) in [7, 11) is 0. The molecule has 1 aliphatic rings. The molecule has 0 aromatic carbocycles. The first-order chi connectivity index (χ1) is 12.9. The lowest BCUT2D eigenvalue weighted by Gasteiger charge is -2.40. The Morgan fingerprint density at radius 1 is 1.26 bits per heavy atom. The van der Waals surface area contributed by atoms with Crippen LogP contribution in [-0.4, -0.2) is 37.0 Å². The number of carbonyl (C=O) groups is 3. The number of carbonyl (C=O) groups excluding carboxylic acids is 3. The molecule has 0 unspecified atom stereocenters. The maximum absolute atomic E-state index is 12.9. The fourth-order valence-electron chi connectivity index (χ4n) is 3.16. The number of hydrogen-bond acceptors (Lipinski definition) is 5. The molecule has 1 saturated carbocycles. The van der Waals surface area contributed by atoms with E-state index >= 15 is 0 Å². The SMILES string of the molecule is C[C@@H](NC(=O)C1(C(=O)N[C@H](CN)CCCNC(N)=O)CCC1)c1ccsc1. The van der Waals surface area contributed by atoms with Crippen molar-refractivity contribution in [3.8, 4) is 0 Å². The van der Waals surface area contributed by atoms with Crippen LogP contribution in [0.4, 0.5) is 4.79 Å². The highest BCUT2D eigenvalue weighted by molar-refractivity contribution is 7.07. The van der Waals surface area contributed by atoms with E-state index in [0.29, 0.717) is 32.2 Å². The number of hydrogen-bond donors (Lipinski definition) is 5. The molecule has 8 nitrogen and oxygen atoms in total. The number of rotatable bonds is 10. The van der Waals surface area contributed by atoms with Gasteiger partial charge in [0, 0.05) is 19.1 Å². The molecular weight excluding hydrogens is 366 g/mol. The van der Waals surface area contributed by atoms with E-state index in [4.69, 9.17) is 11.5 Å². The van der Waals surface area contributed by atoms with Crippen molar-refractivity contribution in [1.82, 2.24) is 16.0 Å². The van der Waals surface area contributed by atoms with Gasteiger partial charge in [-0.15, -0.1) is 0 Å². The largest absolute Gasteiger partial charge is 0.352 e. The topological polar surface area (TPSA) is 139 Å². The van der Waals surface area contributed by atoms with Gasteiger partial charge in [0.25, 0.3) is 0 Å². The van der Waals surface area contributed by atoms with Gasteiger partial charge in [0.1, 0.15) is 5.41 Å². The Morgan fingerprint density at radius 2 is 1.96 bits per heavy atom. The van der Waals surface area contributed by atoms with E-state index in [1.54, 1.807) is 11.3 Å². The third-order valence-electron chi connectivity index (χ3n) is 5.12. The highest BCUT2D eigenvalue weighted by Crippen LogP contribution is 2.42. The van der Waals surface area contributed by atoms with E-state index in [1.807, 2.05) is 23.8 Å². The maximum Gasteiger partial charge on any atom is 0.312 e. The van der Waals surface area contributed by atoms with Crippen LogP contribution < -0.4 is 27.4 Å². The van der Waals surface area contributed by atoms with Crippen LogP contribution in [0.25, 0.3) is 0 Å². The van der Waals surface area contributed by atoms with E-state index in [2.05, 4.69) is 16.0 Å². The molecule has 1 heterocycles. The second kappa shape index (κ2) is 9.70. The number of amides is 4. The second-order valence-corrected chi connectivity index (χ2v) is 7.81. The van der Waals surface area contributed by atoms with Gasteiger partial charge in [0.15, 0.2) is 0 Å². The van der Waals surface area contributed by atoms with Gasteiger partial charge in [0.2, 0.25) is 11.8 Å². The van der Waals surface area contributed by atoms with Crippen LogP contribution in [0.3, 0.4) is 0 Å². The minimum atomic E-state index is -1.01. The predicted molar refractivity (Wildman–Crippen MR) is 105 cm³/mol. The molecule has 150 valence electrons. The number of primary amides is 1. The molecule has 1 aromatic heterocycles. The summed E-state index contributed by atoms with van der Waals surface area (Å²) in [5.41, 5.74) is 10.8. The van der Waals surface area contributed by atoms with Crippen LogP contribution >= 0.6 is 11.3 Å². The van der Waals surface area contributed by atoms with E-state index in [0.717, 1.165) is 12.0 Å². The summed E-state index contributed by atoms with van der Waals surface area (Å²) in [5, 5.41) is 12.4. The average Bonchev–Trinajstić information content (AvgIpc) is 3.10. The van der Waals surface area contributed by atoms with Gasteiger partial charge in [0.05, 0.1) is 6.04 Å². The molecule has 4 amide bonds. The Balaban J connectivity index is 1.90. The van der Waals surface area contributed by atoms with Crippen molar-refractivity contribution in [2.45, 2.75) is 51.1 Å². The summed E-state index contributed by atoms with van der Waals surface area (Å²) in [5.74, 6) is -0.488. The van der Waals surface area contributed by atoms with Gasteiger partial charge in [-0.05, 0) is 55.0 Å². The summed E-state index contributed by atoms with van der Waals surface area (Å²) >= 11 is 1.57. The monoisotopic (exact) mass is 395 g/mol. The van der Waals surface area contributed by atoms with Gasteiger partial charge in [-0.25, -0.2) is 4.79 Å². The first-order valence-electron chi connectivity index (χ1n) is 9.26. The standard InChI is InChI=1S/C18H29N5O3S/c1-12(13-5-9-27-11-13)22-15(24)18(6-3-7-18)16(25)23-14(10-19)4-2-8-21-17(20)26/h5,9,11-12,14H,2-4,6-8,10,19H2,1H3,(H,22,24)(H,23,25)(H3,20,21,26)/t12-,14+/m1/s1. The quantitative estimate of drug-likeness (QED) is 0.298. The molecule has 0 bridgehead atoms. The number of thiophene rings is 1. The minimum Gasteiger partial charge on any atom is -0.352 e. The number of urea groups is 1. The highest BCUT2D eigenvalue weighted by atomic mass is 32.1. The first kappa shape index (κ1) is 21.2. The molecule has 0 aliphatic heterocycles. The molecule has 2 rings (SSSR count). The van der Waals surface area contributed by atoms with Crippen molar-refractivity contribution >= 4 is 29.2 Å². The van der Waals surface area contributed by atoms with Crippen LogP contribution in [0.15, 0.2) is 16.8 Å². The summed E-state index contributed by atoms with van der Waals surface area (Å²) in [6.45, 7) is 2.61. The molecule has 1 aromatic rings. The summed E-state index contributed by atoms with van der Waals surface area (Å²) in [6, 6.07) is 1.01. The van der Waals surface area contributed by atoms with Crippen molar-refractivity contribution in [2.75, 3.05) is 13.1 Å². The molecule has 2 atom stereocenters. The zero-order valence-electron chi connectivity index (χ0n) is 15.6. The van der Waals surface area contributed by atoms with E-state index < -0.39 is 11.4 Å². The lowest BCUT2D eigenvalue weighted by atomic mass is 9.67. The fourth-order valence-corrected chi connectivity index (χ4v) is 3.91. The van der Waals surface area contributed by atoms with Crippen molar-refractivity contribution in [3.05, 3.63) is 22.4 Å². The Kier molecular flexibility index (Phi) is 7.61. The van der Waals surface area contributed by atoms with Gasteiger partial charge in [-0.2, -0.15) is 11.3 Å². The van der Waals surface area contributed by atoms with Crippen LogP contribution in [0.2, 0.25) is 0 Å². The summed E-state index contributed by atoms with van der Waals surface area (Å²) < 4.78 is 0. The van der Waals surface area contributed by atoms with Crippen molar-refractivity contribution < 1.29 is 14.4 Å². The molecule has 0 spiro atoms. The van der Waals surface area contributed by atoms with Gasteiger partial charge >= 0.3 is 6.03 Å². The Morgan fingerprint density at radius 3 is 2.48 bits per heavy atom. The number of nitrogens with two attached hydrogens (primary N) is 2. The molecule has 0 saturated heterocycles. The summed E-state index contributed by atoms with van der Waals surface area (Å²) in [4.78, 5) is 36.4. The highest BCUT2D eigenvalue weighted by Gasteiger charge is 2.51. The molecule has 9 heteroatoms. The molecule has 0 radical (unpaired) electrons. The van der Waals surface area contributed by atoms with Crippen LogP contribution in [0, 0.1) is 5.41 Å². The van der Waals surface area contributed by atoms with Crippen LogP contribution in [0.5, 0.6) is 0 Å². The third kappa shape index (κ3) is 5.43. The first-order valence-corrected chi connectivity index (χ1v) is 10.2. The smallest absolute Gasteiger partial charge is 0.312 e. The second-order valence-electron chi connectivity index (χ2n) is 7.03.